The van der Waals surface area contributed by atoms with E-state index in [2.05, 4.69) is 34.2 Å². The summed E-state index contributed by atoms with van der Waals surface area (Å²) in [7, 11) is 0. The minimum atomic E-state index is -0.236. The van der Waals surface area contributed by atoms with Crippen molar-refractivity contribution in [1.82, 2.24) is 4.90 Å². The largest absolute Gasteiger partial charge is 0.369 e. The highest BCUT2D eigenvalue weighted by atomic mass is 35.5. The number of carbonyl (C=O) groups is 1. The predicted molar refractivity (Wildman–Crippen MR) is 108 cm³/mol. The zero-order valence-electron chi connectivity index (χ0n) is 14.3. The molecule has 2 aromatic rings. The molecule has 7 heteroatoms. The van der Waals surface area contributed by atoms with Crippen LogP contribution in [0.25, 0.3) is 0 Å². The topological polar surface area (TPSA) is 35.6 Å². The summed E-state index contributed by atoms with van der Waals surface area (Å²) in [5, 5.41) is 2.92. The number of aryl methyl sites for hydroxylation is 1. The molecule has 0 aliphatic carbocycles. The molecule has 1 N–H and O–H groups in total. The second kappa shape index (κ2) is 7.96. The fourth-order valence-electron chi connectivity index (χ4n) is 2.99. The second-order valence-electron chi connectivity index (χ2n) is 6.11. The van der Waals surface area contributed by atoms with Gasteiger partial charge in [0.15, 0.2) is 0 Å². The Morgan fingerprint density at radius 2 is 1.92 bits per heavy atom. The molecule has 0 unspecified atom stereocenters. The molecular formula is C18H21Cl2N3OS. The van der Waals surface area contributed by atoms with Gasteiger partial charge in [-0.3, -0.25) is 4.79 Å². The zero-order valence-corrected chi connectivity index (χ0v) is 16.6. The predicted octanol–water partition coefficient (Wildman–Crippen LogP) is 4.76. The first-order chi connectivity index (χ1) is 12.0. The van der Waals surface area contributed by atoms with Crippen LogP contribution >= 0.6 is 34.5 Å². The number of benzene rings is 1. The van der Waals surface area contributed by atoms with E-state index in [1.807, 2.05) is 13.0 Å². The number of thiophene rings is 1. The first-order valence-electron chi connectivity index (χ1n) is 8.32. The number of likely N-dealkylation sites (N-methyl/N-ethyl adjacent to an activating group) is 1. The van der Waals surface area contributed by atoms with Crippen LogP contribution in [-0.2, 0) is 0 Å². The van der Waals surface area contributed by atoms with E-state index in [0.29, 0.717) is 14.2 Å². The van der Waals surface area contributed by atoms with Crippen LogP contribution < -0.4 is 10.2 Å². The van der Waals surface area contributed by atoms with Crippen molar-refractivity contribution in [1.29, 1.82) is 0 Å². The van der Waals surface area contributed by atoms with Crippen molar-refractivity contribution in [3.63, 3.8) is 0 Å². The van der Waals surface area contributed by atoms with Gasteiger partial charge in [0.05, 0.1) is 9.90 Å². The molecule has 0 atom stereocenters. The quantitative estimate of drug-likeness (QED) is 0.807. The van der Waals surface area contributed by atoms with Gasteiger partial charge in [0.1, 0.15) is 4.34 Å². The molecule has 0 saturated carbocycles. The molecule has 2 heterocycles. The average molecular weight is 398 g/mol. The maximum atomic E-state index is 12.4. The van der Waals surface area contributed by atoms with Gasteiger partial charge in [-0.15, -0.1) is 11.3 Å². The van der Waals surface area contributed by atoms with E-state index in [1.165, 1.54) is 17.0 Å². The molecule has 3 rings (SSSR count). The Morgan fingerprint density at radius 3 is 2.48 bits per heavy atom. The first-order valence-corrected chi connectivity index (χ1v) is 9.89. The normalized spacial score (nSPS) is 15.4. The Kier molecular flexibility index (Phi) is 5.89. The van der Waals surface area contributed by atoms with Crippen LogP contribution in [0.2, 0.25) is 8.67 Å². The smallest absolute Gasteiger partial charge is 0.258 e. The van der Waals surface area contributed by atoms with Gasteiger partial charge >= 0.3 is 0 Å². The molecule has 134 valence electrons. The van der Waals surface area contributed by atoms with Gasteiger partial charge in [0.2, 0.25) is 0 Å². The highest BCUT2D eigenvalue weighted by molar-refractivity contribution is 7.20. The number of rotatable bonds is 4. The SMILES string of the molecule is CCN1CCN(c2ccc(NC(=O)c3cc(Cl)sc3Cl)c(C)c2)CC1. The summed E-state index contributed by atoms with van der Waals surface area (Å²) in [4.78, 5) is 17.2. The van der Waals surface area contributed by atoms with Gasteiger partial charge in [-0.05, 0) is 43.3 Å². The number of amides is 1. The van der Waals surface area contributed by atoms with Crippen LogP contribution in [0.5, 0.6) is 0 Å². The summed E-state index contributed by atoms with van der Waals surface area (Å²) >= 11 is 13.2. The Hall–Kier alpha value is -1.27. The lowest BCUT2D eigenvalue weighted by molar-refractivity contribution is 0.102. The second-order valence-corrected chi connectivity index (χ2v) is 8.40. The van der Waals surface area contributed by atoms with Crippen LogP contribution in [-0.4, -0.2) is 43.5 Å². The molecule has 0 bridgehead atoms. The third kappa shape index (κ3) is 4.29. The van der Waals surface area contributed by atoms with E-state index in [4.69, 9.17) is 23.2 Å². The van der Waals surface area contributed by atoms with Crippen molar-refractivity contribution in [3.8, 4) is 0 Å². The number of halogens is 2. The number of hydrogen-bond donors (Lipinski definition) is 1. The average Bonchev–Trinajstić information content (AvgIpc) is 2.95. The Morgan fingerprint density at radius 1 is 1.20 bits per heavy atom. The lowest BCUT2D eigenvalue weighted by atomic mass is 10.1. The van der Waals surface area contributed by atoms with Crippen LogP contribution in [0, 0.1) is 6.92 Å². The fourth-order valence-corrected chi connectivity index (χ4v) is 4.45. The third-order valence-electron chi connectivity index (χ3n) is 4.54. The molecule has 25 heavy (non-hydrogen) atoms. The van der Waals surface area contributed by atoms with Crippen molar-refractivity contribution in [2.75, 3.05) is 42.9 Å². The summed E-state index contributed by atoms with van der Waals surface area (Å²) < 4.78 is 0.916. The van der Waals surface area contributed by atoms with E-state index in [1.54, 1.807) is 6.07 Å². The summed E-state index contributed by atoms with van der Waals surface area (Å²) in [5.41, 5.74) is 3.43. The van der Waals surface area contributed by atoms with E-state index >= 15 is 0 Å². The summed E-state index contributed by atoms with van der Waals surface area (Å²) in [5.74, 6) is -0.236. The van der Waals surface area contributed by atoms with E-state index in [0.717, 1.165) is 44.0 Å². The third-order valence-corrected chi connectivity index (χ3v) is 6.03. The van der Waals surface area contributed by atoms with E-state index in [9.17, 15) is 4.79 Å². The van der Waals surface area contributed by atoms with Gasteiger partial charge in [0.25, 0.3) is 5.91 Å². The van der Waals surface area contributed by atoms with Crippen molar-refractivity contribution in [2.24, 2.45) is 0 Å². The monoisotopic (exact) mass is 397 g/mol. The van der Waals surface area contributed by atoms with Gasteiger partial charge in [-0.1, -0.05) is 30.1 Å². The summed E-state index contributed by atoms with van der Waals surface area (Å²) in [6.45, 7) is 9.54. The molecule has 1 amide bonds. The van der Waals surface area contributed by atoms with Gasteiger partial charge in [0, 0.05) is 37.6 Å². The maximum Gasteiger partial charge on any atom is 0.258 e. The number of piperazine rings is 1. The Bertz CT molecular complexity index is 770. The molecule has 0 radical (unpaired) electrons. The maximum absolute atomic E-state index is 12.4. The van der Waals surface area contributed by atoms with Crippen LogP contribution in [0.15, 0.2) is 24.3 Å². The fraction of sp³-hybridized carbons (Fsp3) is 0.389. The van der Waals surface area contributed by atoms with Crippen LogP contribution in [0.1, 0.15) is 22.8 Å². The molecule has 1 saturated heterocycles. The van der Waals surface area contributed by atoms with Gasteiger partial charge < -0.3 is 15.1 Å². The van der Waals surface area contributed by atoms with Crippen molar-refractivity contribution in [2.45, 2.75) is 13.8 Å². The summed E-state index contributed by atoms with van der Waals surface area (Å²) in [6, 6.07) is 7.74. The zero-order chi connectivity index (χ0) is 18.0. The van der Waals surface area contributed by atoms with E-state index in [-0.39, 0.29) is 5.91 Å². The minimum absolute atomic E-state index is 0.236. The van der Waals surface area contributed by atoms with Crippen molar-refractivity contribution >= 4 is 51.8 Å². The van der Waals surface area contributed by atoms with Gasteiger partial charge in [-0.2, -0.15) is 0 Å². The minimum Gasteiger partial charge on any atom is -0.369 e. The molecule has 1 aromatic carbocycles. The molecule has 1 aliphatic heterocycles. The number of nitrogens with one attached hydrogen (secondary N) is 1. The molecule has 1 fully saturated rings. The molecule has 1 aliphatic rings. The standard InChI is InChI=1S/C18H21Cl2N3OS/c1-3-22-6-8-23(9-7-22)13-4-5-15(12(2)10-13)21-18(24)14-11-16(19)25-17(14)20/h4-5,10-11H,3,6-9H2,1-2H3,(H,21,24). The highest BCUT2D eigenvalue weighted by Gasteiger charge is 2.18. The Labute approximate surface area is 162 Å². The lowest BCUT2D eigenvalue weighted by Crippen LogP contribution is -2.46. The van der Waals surface area contributed by atoms with Crippen LogP contribution in [0.4, 0.5) is 11.4 Å². The summed E-state index contributed by atoms with van der Waals surface area (Å²) in [6.07, 6.45) is 0. The molecule has 0 spiro atoms. The number of anilines is 2. The molecule has 1 aromatic heterocycles. The van der Waals surface area contributed by atoms with Gasteiger partial charge in [-0.25, -0.2) is 0 Å². The van der Waals surface area contributed by atoms with Crippen molar-refractivity contribution in [3.05, 3.63) is 44.1 Å². The highest BCUT2D eigenvalue weighted by Crippen LogP contribution is 2.32. The Balaban J connectivity index is 1.70. The molecule has 4 nitrogen and oxygen atoms in total. The lowest BCUT2D eigenvalue weighted by Gasteiger charge is -2.35. The number of hydrogen-bond acceptors (Lipinski definition) is 4. The van der Waals surface area contributed by atoms with Crippen molar-refractivity contribution < 1.29 is 4.79 Å². The first kappa shape index (κ1) is 18.5. The molecular weight excluding hydrogens is 377 g/mol. The van der Waals surface area contributed by atoms with E-state index < -0.39 is 0 Å². The number of nitrogens with zero attached hydrogens (tertiary/aromatic N) is 2. The number of carbonyl (C=O) groups excluding carboxylic acids is 1. The van der Waals surface area contributed by atoms with Crippen LogP contribution in [0.3, 0.4) is 0 Å².